The average Bonchev–Trinajstić information content (AvgIpc) is 2.73. The number of rotatable bonds is 7. The van der Waals surface area contributed by atoms with E-state index in [1.165, 1.54) is 38.4 Å². The molecule has 0 radical (unpaired) electrons. The minimum absolute atomic E-state index is 0.00655. The summed E-state index contributed by atoms with van der Waals surface area (Å²) < 4.78 is 54.4. The number of anilines is 2. The van der Waals surface area contributed by atoms with Crippen LogP contribution in [0.25, 0.3) is 0 Å². The van der Waals surface area contributed by atoms with E-state index in [1.807, 2.05) is 19.2 Å². The fraction of sp³-hybridized carbons (Fsp3) is 0.478. The second-order valence-electron chi connectivity index (χ2n) is 9.39. The summed E-state index contributed by atoms with van der Waals surface area (Å²) in [5.41, 5.74) is 1.68. The molecule has 0 atom stereocenters. The van der Waals surface area contributed by atoms with Crippen LogP contribution in [0.5, 0.6) is 0 Å². The molecular weight excluding hydrogens is 446 g/mol. The van der Waals surface area contributed by atoms with Crippen molar-refractivity contribution < 1.29 is 16.8 Å². The van der Waals surface area contributed by atoms with E-state index in [4.69, 9.17) is 0 Å². The van der Waals surface area contributed by atoms with Crippen molar-refractivity contribution in [3.63, 3.8) is 0 Å². The van der Waals surface area contributed by atoms with Crippen molar-refractivity contribution >= 4 is 31.4 Å². The summed E-state index contributed by atoms with van der Waals surface area (Å²) in [5, 5.41) is 0. The quantitative estimate of drug-likeness (QED) is 0.645. The van der Waals surface area contributed by atoms with Crippen LogP contribution >= 0.6 is 0 Å². The normalized spacial score (nSPS) is 17.3. The van der Waals surface area contributed by atoms with Gasteiger partial charge in [-0.25, -0.2) is 21.1 Å². The SMILES string of the molecule is CN(c1ccccc1NS(=O)(=O)c1ccc(S(=O)(=O)N(C)C)cc1)C1CCC(C)(C)CC1. The van der Waals surface area contributed by atoms with Gasteiger partial charge in [-0.15, -0.1) is 0 Å². The summed E-state index contributed by atoms with van der Waals surface area (Å²) >= 11 is 0. The molecule has 0 aromatic heterocycles. The summed E-state index contributed by atoms with van der Waals surface area (Å²) in [4.78, 5) is 2.22. The van der Waals surface area contributed by atoms with E-state index in [9.17, 15) is 16.8 Å². The first-order valence-corrected chi connectivity index (χ1v) is 13.6. The molecule has 0 amide bonds. The number of benzene rings is 2. The average molecular weight is 480 g/mol. The predicted molar refractivity (Wildman–Crippen MR) is 129 cm³/mol. The maximum absolute atomic E-state index is 13.0. The van der Waals surface area contributed by atoms with Gasteiger partial charge in [-0.05, 0) is 67.5 Å². The third-order valence-corrected chi connectivity index (χ3v) is 9.51. The Kier molecular flexibility index (Phi) is 6.93. The monoisotopic (exact) mass is 479 g/mol. The minimum Gasteiger partial charge on any atom is -0.370 e. The van der Waals surface area contributed by atoms with Crippen LogP contribution in [0.1, 0.15) is 39.5 Å². The molecule has 1 aliphatic carbocycles. The third-order valence-electron chi connectivity index (χ3n) is 6.30. The van der Waals surface area contributed by atoms with Crippen LogP contribution < -0.4 is 9.62 Å². The first-order chi connectivity index (χ1) is 14.8. The third kappa shape index (κ3) is 5.27. The Morgan fingerprint density at radius 3 is 1.94 bits per heavy atom. The molecule has 2 aromatic carbocycles. The highest BCUT2D eigenvalue weighted by molar-refractivity contribution is 7.92. The molecule has 176 valence electrons. The van der Waals surface area contributed by atoms with Crippen LogP contribution in [-0.4, -0.2) is 48.3 Å². The molecule has 2 aromatic rings. The summed E-state index contributed by atoms with van der Waals surface area (Å²) in [6, 6.07) is 13.0. The van der Waals surface area contributed by atoms with Crippen LogP contribution in [-0.2, 0) is 20.0 Å². The maximum atomic E-state index is 13.0. The Balaban J connectivity index is 1.83. The first-order valence-electron chi connectivity index (χ1n) is 10.7. The lowest BCUT2D eigenvalue weighted by Crippen LogP contribution is -2.37. The molecule has 32 heavy (non-hydrogen) atoms. The molecule has 0 heterocycles. The zero-order valence-corrected chi connectivity index (χ0v) is 21.0. The largest absolute Gasteiger partial charge is 0.370 e. The molecule has 1 saturated carbocycles. The predicted octanol–water partition coefficient (Wildman–Crippen LogP) is 4.14. The van der Waals surface area contributed by atoms with Gasteiger partial charge in [0.2, 0.25) is 10.0 Å². The van der Waals surface area contributed by atoms with Crippen LogP contribution in [0.3, 0.4) is 0 Å². The Morgan fingerprint density at radius 1 is 0.844 bits per heavy atom. The first kappa shape index (κ1) is 24.5. The van der Waals surface area contributed by atoms with Gasteiger partial charge in [0.05, 0.1) is 21.2 Å². The van der Waals surface area contributed by atoms with Crippen molar-refractivity contribution in [2.24, 2.45) is 5.41 Å². The van der Waals surface area contributed by atoms with E-state index >= 15 is 0 Å². The lowest BCUT2D eigenvalue weighted by Gasteiger charge is -2.40. The van der Waals surface area contributed by atoms with Crippen molar-refractivity contribution in [2.75, 3.05) is 30.8 Å². The summed E-state index contributed by atoms with van der Waals surface area (Å²) in [7, 11) is -2.64. The Labute approximate surface area is 192 Å². The van der Waals surface area contributed by atoms with Gasteiger partial charge in [0.1, 0.15) is 0 Å². The van der Waals surface area contributed by atoms with Gasteiger partial charge >= 0.3 is 0 Å². The Hall–Kier alpha value is -2.10. The molecule has 0 bridgehead atoms. The van der Waals surface area contributed by atoms with Crippen LogP contribution in [0.15, 0.2) is 58.3 Å². The molecule has 0 unspecified atom stereocenters. The minimum atomic E-state index is -3.89. The molecule has 1 aliphatic rings. The topological polar surface area (TPSA) is 86.8 Å². The van der Waals surface area contributed by atoms with Gasteiger partial charge in [0.25, 0.3) is 10.0 Å². The van der Waals surface area contributed by atoms with Crippen LogP contribution in [0.2, 0.25) is 0 Å². The number of para-hydroxylation sites is 2. The van der Waals surface area contributed by atoms with Gasteiger partial charge in [-0.2, -0.15) is 0 Å². The van der Waals surface area contributed by atoms with Gasteiger partial charge in [-0.3, -0.25) is 4.72 Å². The fourth-order valence-corrected chi connectivity index (χ4v) is 6.02. The van der Waals surface area contributed by atoms with E-state index in [0.29, 0.717) is 17.1 Å². The van der Waals surface area contributed by atoms with E-state index in [2.05, 4.69) is 23.5 Å². The molecule has 0 saturated heterocycles. The smallest absolute Gasteiger partial charge is 0.261 e. The second-order valence-corrected chi connectivity index (χ2v) is 13.2. The van der Waals surface area contributed by atoms with Crippen molar-refractivity contribution in [1.29, 1.82) is 0 Å². The van der Waals surface area contributed by atoms with Gasteiger partial charge < -0.3 is 4.90 Å². The van der Waals surface area contributed by atoms with E-state index < -0.39 is 20.0 Å². The highest BCUT2D eigenvalue weighted by atomic mass is 32.2. The van der Waals surface area contributed by atoms with E-state index in [0.717, 1.165) is 35.7 Å². The zero-order chi connectivity index (χ0) is 23.7. The molecular formula is C23H33N3O4S2. The van der Waals surface area contributed by atoms with Crippen LogP contribution in [0, 0.1) is 5.41 Å². The van der Waals surface area contributed by atoms with Crippen molar-refractivity contribution in [3.05, 3.63) is 48.5 Å². The Morgan fingerprint density at radius 2 is 1.38 bits per heavy atom. The molecule has 0 spiro atoms. The molecule has 3 rings (SSSR count). The number of hydrogen-bond donors (Lipinski definition) is 1. The highest BCUT2D eigenvalue weighted by Crippen LogP contribution is 2.39. The van der Waals surface area contributed by atoms with E-state index in [-0.39, 0.29) is 9.79 Å². The molecule has 1 fully saturated rings. The maximum Gasteiger partial charge on any atom is 0.261 e. The fourth-order valence-electron chi connectivity index (χ4n) is 4.04. The summed E-state index contributed by atoms with van der Waals surface area (Å²) in [5.74, 6) is 0. The van der Waals surface area contributed by atoms with Gasteiger partial charge in [0, 0.05) is 27.2 Å². The highest BCUT2D eigenvalue weighted by Gasteiger charge is 2.30. The number of sulfonamides is 2. The van der Waals surface area contributed by atoms with E-state index in [1.54, 1.807) is 12.1 Å². The molecule has 0 aliphatic heterocycles. The number of hydrogen-bond acceptors (Lipinski definition) is 5. The van der Waals surface area contributed by atoms with Crippen molar-refractivity contribution in [1.82, 2.24) is 4.31 Å². The number of nitrogens with zero attached hydrogens (tertiary/aromatic N) is 2. The molecule has 9 heteroatoms. The van der Waals surface area contributed by atoms with Crippen molar-refractivity contribution in [2.45, 2.75) is 55.4 Å². The molecule has 7 nitrogen and oxygen atoms in total. The second kappa shape index (κ2) is 9.03. The number of nitrogens with one attached hydrogen (secondary N) is 1. The zero-order valence-electron chi connectivity index (χ0n) is 19.4. The molecule has 1 N–H and O–H groups in total. The van der Waals surface area contributed by atoms with Gasteiger partial charge in [-0.1, -0.05) is 26.0 Å². The summed E-state index contributed by atoms with van der Waals surface area (Å²) in [6.07, 6.45) is 4.40. The lowest BCUT2D eigenvalue weighted by molar-refractivity contribution is 0.222. The standard InChI is InChI=1S/C23H33N3O4S2/c1-23(2)16-14-18(15-17-23)26(5)22-9-7-6-8-21(22)24-31(27,28)19-10-12-20(13-11-19)32(29,30)25(3)4/h6-13,18,24H,14-17H2,1-5H3. The van der Waals surface area contributed by atoms with Crippen LogP contribution in [0.4, 0.5) is 11.4 Å². The van der Waals surface area contributed by atoms with Gasteiger partial charge in [0.15, 0.2) is 0 Å². The lowest BCUT2D eigenvalue weighted by atomic mass is 9.75. The van der Waals surface area contributed by atoms with Crippen molar-refractivity contribution in [3.8, 4) is 0 Å². The summed E-state index contributed by atoms with van der Waals surface area (Å²) in [6.45, 7) is 4.58. The Bertz CT molecular complexity index is 1150.